The van der Waals surface area contributed by atoms with Crippen LogP contribution in [0.5, 0.6) is 5.75 Å². The molecule has 0 fully saturated rings. The summed E-state index contributed by atoms with van der Waals surface area (Å²) in [5, 5.41) is 9.66. The minimum atomic E-state index is -1.01. The molecule has 1 aromatic heterocycles. The van der Waals surface area contributed by atoms with Gasteiger partial charge in [0.1, 0.15) is 11.3 Å². The van der Waals surface area contributed by atoms with Crippen LogP contribution in [0.25, 0.3) is 11.0 Å². The molecule has 0 saturated heterocycles. The molecule has 0 aliphatic rings. The van der Waals surface area contributed by atoms with E-state index in [1.165, 1.54) is 24.3 Å². The minimum absolute atomic E-state index is 0.163. The lowest BCUT2D eigenvalue weighted by Gasteiger charge is -2.04. The number of ether oxygens (including phenoxy) is 1. The van der Waals surface area contributed by atoms with Crippen molar-refractivity contribution < 1.29 is 23.8 Å². The van der Waals surface area contributed by atoms with Crippen LogP contribution in [0.1, 0.15) is 20.9 Å². The van der Waals surface area contributed by atoms with Gasteiger partial charge in [-0.05, 0) is 36.4 Å². The smallest absolute Gasteiger partial charge is 0.335 e. The molecule has 0 radical (unpaired) electrons. The van der Waals surface area contributed by atoms with Crippen molar-refractivity contribution in [1.82, 2.24) is 0 Å². The fourth-order valence-electron chi connectivity index (χ4n) is 2.03. The fourth-order valence-corrected chi connectivity index (χ4v) is 2.03. The van der Waals surface area contributed by atoms with Crippen LogP contribution in [0.3, 0.4) is 0 Å². The predicted octanol–water partition coefficient (Wildman–Crippen LogP) is 3.39. The number of carbonyl (C=O) groups is 2. The number of fused-ring (bicyclic) bond motifs is 1. The highest BCUT2D eigenvalue weighted by atomic mass is 16.5. The summed E-state index contributed by atoms with van der Waals surface area (Å²) < 4.78 is 10.8. The number of Topliss-reactive ketones (excluding diaryl/α,β-unsaturated/α-hetero) is 1. The molecule has 1 N–H and O–H groups in total. The number of para-hydroxylation sites is 1. The summed E-state index contributed by atoms with van der Waals surface area (Å²) in [7, 11) is 0. The molecular weight excluding hydrogens is 284 g/mol. The topological polar surface area (TPSA) is 76.7 Å². The Labute approximate surface area is 125 Å². The molecule has 1 heterocycles. The van der Waals surface area contributed by atoms with E-state index in [1.54, 1.807) is 12.1 Å². The summed E-state index contributed by atoms with van der Waals surface area (Å²) in [6.45, 7) is -0.174. The Kier molecular flexibility index (Phi) is 3.62. The van der Waals surface area contributed by atoms with Crippen LogP contribution in [0.2, 0.25) is 0 Å². The van der Waals surface area contributed by atoms with Crippen molar-refractivity contribution in [2.45, 2.75) is 0 Å². The summed E-state index contributed by atoms with van der Waals surface area (Å²) in [5.41, 5.74) is 0.813. The van der Waals surface area contributed by atoms with Crippen LogP contribution in [0.4, 0.5) is 0 Å². The van der Waals surface area contributed by atoms with Gasteiger partial charge in [-0.3, -0.25) is 4.79 Å². The van der Waals surface area contributed by atoms with Gasteiger partial charge >= 0.3 is 5.97 Å². The van der Waals surface area contributed by atoms with Crippen molar-refractivity contribution in [2.75, 3.05) is 6.61 Å². The molecule has 0 aliphatic heterocycles. The zero-order valence-electron chi connectivity index (χ0n) is 11.5. The standard InChI is InChI=1S/C17H12O5/c18-14(16-9-12-3-1-2-4-15(12)22-16)10-21-13-7-5-11(6-8-13)17(19)20/h1-9H,10H2,(H,19,20). The van der Waals surface area contributed by atoms with Crippen molar-refractivity contribution in [2.24, 2.45) is 0 Å². The van der Waals surface area contributed by atoms with E-state index in [-0.39, 0.29) is 23.7 Å². The normalized spacial score (nSPS) is 10.5. The van der Waals surface area contributed by atoms with Gasteiger partial charge in [-0.15, -0.1) is 0 Å². The highest BCUT2D eigenvalue weighted by Gasteiger charge is 2.13. The Balaban J connectivity index is 1.67. The lowest BCUT2D eigenvalue weighted by atomic mass is 10.2. The molecule has 5 nitrogen and oxygen atoms in total. The van der Waals surface area contributed by atoms with Gasteiger partial charge in [0, 0.05) is 5.39 Å². The van der Waals surface area contributed by atoms with E-state index in [9.17, 15) is 9.59 Å². The molecule has 2 aromatic carbocycles. The van der Waals surface area contributed by atoms with E-state index in [4.69, 9.17) is 14.3 Å². The first-order valence-electron chi connectivity index (χ1n) is 6.61. The number of rotatable bonds is 5. The van der Waals surface area contributed by atoms with Gasteiger partial charge in [0.15, 0.2) is 12.4 Å². The summed E-state index contributed by atoms with van der Waals surface area (Å²) in [5.74, 6) is -0.624. The van der Waals surface area contributed by atoms with Crippen molar-refractivity contribution in [3.8, 4) is 5.75 Å². The number of hydrogen-bond donors (Lipinski definition) is 1. The molecular formula is C17H12O5. The average Bonchev–Trinajstić information content (AvgIpc) is 2.97. The van der Waals surface area contributed by atoms with Crippen molar-refractivity contribution in [3.63, 3.8) is 0 Å². The van der Waals surface area contributed by atoms with Crippen LogP contribution >= 0.6 is 0 Å². The number of hydrogen-bond acceptors (Lipinski definition) is 4. The first kappa shape index (κ1) is 13.9. The Morgan fingerprint density at radius 1 is 1.05 bits per heavy atom. The van der Waals surface area contributed by atoms with E-state index in [0.29, 0.717) is 11.3 Å². The lowest BCUT2D eigenvalue weighted by molar-refractivity contribution is 0.0696. The highest BCUT2D eigenvalue weighted by Crippen LogP contribution is 2.19. The quantitative estimate of drug-likeness (QED) is 0.730. The SMILES string of the molecule is O=C(O)c1ccc(OCC(=O)c2cc3ccccc3o2)cc1. The van der Waals surface area contributed by atoms with E-state index < -0.39 is 5.97 Å². The van der Waals surface area contributed by atoms with E-state index >= 15 is 0 Å². The molecule has 0 saturated carbocycles. The van der Waals surface area contributed by atoms with Gasteiger partial charge in [-0.25, -0.2) is 4.79 Å². The Morgan fingerprint density at radius 2 is 1.77 bits per heavy atom. The molecule has 3 aromatic rings. The maximum atomic E-state index is 12.0. The third kappa shape index (κ3) is 2.83. The maximum Gasteiger partial charge on any atom is 0.335 e. The molecule has 0 bridgehead atoms. The molecule has 0 aliphatic carbocycles. The second-order valence-electron chi connectivity index (χ2n) is 4.69. The van der Waals surface area contributed by atoms with Crippen LogP contribution in [0, 0.1) is 0 Å². The zero-order chi connectivity index (χ0) is 15.5. The number of carbonyl (C=O) groups excluding carboxylic acids is 1. The summed E-state index contributed by atoms with van der Waals surface area (Å²) >= 11 is 0. The number of aromatic carboxylic acids is 1. The minimum Gasteiger partial charge on any atom is -0.485 e. The van der Waals surface area contributed by atoms with Crippen LogP contribution in [-0.2, 0) is 0 Å². The van der Waals surface area contributed by atoms with E-state index in [1.807, 2.05) is 18.2 Å². The van der Waals surface area contributed by atoms with Gasteiger partial charge in [0.2, 0.25) is 5.78 Å². The van der Waals surface area contributed by atoms with Crippen molar-refractivity contribution >= 4 is 22.7 Å². The largest absolute Gasteiger partial charge is 0.485 e. The molecule has 0 spiro atoms. The van der Waals surface area contributed by atoms with Crippen molar-refractivity contribution in [1.29, 1.82) is 0 Å². The first-order valence-corrected chi connectivity index (χ1v) is 6.61. The summed E-state index contributed by atoms with van der Waals surface area (Å²) in [4.78, 5) is 22.8. The van der Waals surface area contributed by atoms with Gasteiger partial charge < -0.3 is 14.3 Å². The van der Waals surface area contributed by atoms with Gasteiger partial charge in [0.05, 0.1) is 5.56 Å². The predicted molar refractivity (Wildman–Crippen MR) is 79.4 cm³/mol. The second kappa shape index (κ2) is 5.73. The Hall–Kier alpha value is -3.08. The van der Waals surface area contributed by atoms with Crippen LogP contribution < -0.4 is 4.74 Å². The summed E-state index contributed by atoms with van der Waals surface area (Å²) in [6.07, 6.45) is 0. The number of ketones is 1. The van der Waals surface area contributed by atoms with Gasteiger partial charge in [0.25, 0.3) is 0 Å². The zero-order valence-corrected chi connectivity index (χ0v) is 11.5. The second-order valence-corrected chi connectivity index (χ2v) is 4.69. The third-order valence-corrected chi connectivity index (χ3v) is 3.17. The molecule has 0 unspecified atom stereocenters. The summed E-state index contributed by atoms with van der Waals surface area (Å²) in [6, 6.07) is 14.9. The molecule has 0 atom stereocenters. The highest BCUT2D eigenvalue weighted by molar-refractivity contribution is 5.98. The average molecular weight is 296 g/mol. The lowest BCUT2D eigenvalue weighted by Crippen LogP contribution is -2.10. The Morgan fingerprint density at radius 3 is 2.45 bits per heavy atom. The Bertz CT molecular complexity index is 797. The molecule has 3 rings (SSSR count). The van der Waals surface area contributed by atoms with Crippen LogP contribution in [-0.4, -0.2) is 23.5 Å². The number of furan rings is 1. The number of carboxylic acids is 1. The first-order chi connectivity index (χ1) is 10.6. The molecule has 110 valence electrons. The van der Waals surface area contributed by atoms with E-state index in [2.05, 4.69) is 0 Å². The maximum absolute atomic E-state index is 12.0. The van der Waals surface area contributed by atoms with Gasteiger partial charge in [-0.1, -0.05) is 18.2 Å². The van der Waals surface area contributed by atoms with Gasteiger partial charge in [-0.2, -0.15) is 0 Å². The molecule has 0 amide bonds. The van der Waals surface area contributed by atoms with Crippen LogP contribution in [0.15, 0.2) is 59.0 Å². The van der Waals surface area contributed by atoms with E-state index in [0.717, 1.165) is 5.39 Å². The number of carboxylic acid groups (broad SMARTS) is 1. The number of benzene rings is 2. The third-order valence-electron chi connectivity index (χ3n) is 3.17. The molecule has 5 heteroatoms. The van der Waals surface area contributed by atoms with Crippen molar-refractivity contribution in [3.05, 3.63) is 65.9 Å². The molecule has 22 heavy (non-hydrogen) atoms. The fraction of sp³-hybridized carbons (Fsp3) is 0.0588. The monoisotopic (exact) mass is 296 g/mol.